The molecule has 5 nitrogen and oxygen atoms in total. The van der Waals surface area contributed by atoms with Gasteiger partial charge in [0.15, 0.2) is 5.82 Å². The third-order valence-electron chi connectivity index (χ3n) is 3.32. The summed E-state index contributed by atoms with van der Waals surface area (Å²) in [5.41, 5.74) is 2.08. The maximum absolute atomic E-state index is 13.7. The van der Waals surface area contributed by atoms with Crippen LogP contribution in [0.2, 0.25) is 5.02 Å². The Morgan fingerprint density at radius 3 is 2.60 bits per heavy atom. The summed E-state index contributed by atoms with van der Waals surface area (Å²) >= 11 is 5.65. The SMILES string of the molecule is O=C(O)Cc1ccnc(-c2ccc(Oc3ncc(Cl)cc3F)cc2)c1. The van der Waals surface area contributed by atoms with Gasteiger partial charge in [-0.3, -0.25) is 9.78 Å². The molecule has 0 radical (unpaired) electrons. The zero-order valence-electron chi connectivity index (χ0n) is 12.8. The minimum Gasteiger partial charge on any atom is -0.481 e. The van der Waals surface area contributed by atoms with Crippen molar-refractivity contribution in [2.45, 2.75) is 6.42 Å². The number of hydrogen-bond acceptors (Lipinski definition) is 4. The van der Waals surface area contributed by atoms with Crippen molar-refractivity contribution in [3.63, 3.8) is 0 Å². The highest BCUT2D eigenvalue weighted by atomic mass is 35.5. The topological polar surface area (TPSA) is 72.3 Å². The Labute approximate surface area is 147 Å². The lowest BCUT2D eigenvalue weighted by Crippen LogP contribution is -2.00. The van der Waals surface area contributed by atoms with E-state index in [1.54, 1.807) is 42.6 Å². The van der Waals surface area contributed by atoms with Crippen molar-refractivity contribution in [2.75, 3.05) is 0 Å². The molecule has 3 rings (SSSR count). The average molecular weight is 359 g/mol. The first-order valence-corrected chi connectivity index (χ1v) is 7.65. The van der Waals surface area contributed by atoms with E-state index in [0.29, 0.717) is 17.0 Å². The van der Waals surface area contributed by atoms with Gasteiger partial charge in [-0.15, -0.1) is 0 Å². The number of nitrogens with zero attached hydrogens (tertiary/aromatic N) is 2. The first-order valence-electron chi connectivity index (χ1n) is 7.27. The molecule has 3 aromatic rings. The van der Waals surface area contributed by atoms with E-state index in [-0.39, 0.29) is 17.3 Å². The molecule has 0 aliphatic heterocycles. The van der Waals surface area contributed by atoms with Crippen molar-refractivity contribution >= 4 is 17.6 Å². The number of carbonyl (C=O) groups is 1. The van der Waals surface area contributed by atoms with E-state index in [9.17, 15) is 9.18 Å². The molecule has 0 saturated carbocycles. The van der Waals surface area contributed by atoms with E-state index >= 15 is 0 Å². The van der Waals surface area contributed by atoms with Crippen molar-refractivity contribution < 1.29 is 19.0 Å². The van der Waals surface area contributed by atoms with Crippen LogP contribution in [0.15, 0.2) is 54.9 Å². The standard InChI is InChI=1S/C18H12ClFN2O3/c19-13-9-15(20)18(22-10-13)25-14-3-1-12(2-4-14)16-7-11(5-6-21-16)8-17(23)24/h1-7,9-10H,8H2,(H,23,24). The van der Waals surface area contributed by atoms with Crippen LogP contribution < -0.4 is 4.74 Å². The van der Waals surface area contributed by atoms with Gasteiger partial charge in [0, 0.05) is 18.0 Å². The van der Waals surface area contributed by atoms with Gasteiger partial charge in [0.1, 0.15) is 5.75 Å². The first kappa shape index (κ1) is 16.9. The Kier molecular flexibility index (Phi) is 4.90. The zero-order chi connectivity index (χ0) is 17.8. The number of benzene rings is 1. The van der Waals surface area contributed by atoms with Crippen LogP contribution in [0, 0.1) is 5.82 Å². The first-order chi connectivity index (χ1) is 12.0. The fourth-order valence-corrected chi connectivity index (χ4v) is 2.34. The van der Waals surface area contributed by atoms with Gasteiger partial charge in [-0.05, 0) is 48.0 Å². The molecule has 2 heterocycles. The number of carboxylic acid groups (broad SMARTS) is 1. The molecule has 0 aliphatic rings. The van der Waals surface area contributed by atoms with Gasteiger partial charge >= 0.3 is 5.97 Å². The Morgan fingerprint density at radius 2 is 1.92 bits per heavy atom. The number of rotatable bonds is 5. The van der Waals surface area contributed by atoms with Gasteiger partial charge in [0.05, 0.1) is 17.1 Å². The summed E-state index contributed by atoms with van der Waals surface area (Å²) in [6.07, 6.45) is 2.79. The molecule has 126 valence electrons. The lowest BCUT2D eigenvalue weighted by Gasteiger charge is -2.07. The Hall–Kier alpha value is -2.99. The van der Waals surface area contributed by atoms with Gasteiger partial charge in [0.2, 0.25) is 0 Å². The molecule has 1 N–H and O–H groups in total. The van der Waals surface area contributed by atoms with Crippen molar-refractivity contribution in [2.24, 2.45) is 0 Å². The minimum atomic E-state index is -0.904. The molecule has 2 aromatic heterocycles. The summed E-state index contributed by atoms with van der Waals surface area (Å²) in [6.45, 7) is 0. The molecule has 0 aliphatic carbocycles. The smallest absolute Gasteiger partial charge is 0.307 e. The number of pyridine rings is 2. The lowest BCUT2D eigenvalue weighted by atomic mass is 10.1. The van der Waals surface area contributed by atoms with Gasteiger partial charge in [0.25, 0.3) is 5.88 Å². The molecule has 0 bridgehead atoms. The van der Waals surface area contributed by atoms with Crippen LogP contribution in [-0.4, -0.2) is 21.0 Å². The number of aromatic nitrogens is 2. The van der Waals surface area contributed by atoms with Gasteiger partial charge in [-0.1, -0.05) is 11.6 Å². The predicted molar refractivity (Wildman–Crippen MR) is 90.3 cm³/mol. The molecule has 0 spiro atoms. The molecule has 0 fully saturated rings. The van der Waals surface area contributed by atoms with Crippen molar-refractivity contribution in [1.29, 1.82) is 0 Å². The van der Waals surface area contributed by atoms with E-state index in [1.165, 1.54) is 6.20 Å². The highest BCUT2D eigenvalue weighted by Crippen LogP contribution is 2.26. The van der Waals surface area contributed by atoms with Gasteiger partial charge in [-0.2, -0.15) is 0 Å². The zero-order valence-corrected chi connectivity index (χ0v) is 13.6. The molecule has 0 amide bonds. The van der Waals surface area contributed by atoms with E-state index in [2.05, 4.69) is 9.97 Å². The van der Waals surface area contributed by atoms with Crippen LogP contribution in [0.5, 0.6) is 11.6 Å². The molecule has 25 heavy (non-hydrogen) atoms. The normalized spacial score (nSPS) is 10.5. The molecule has 0 atom stereocenters. The van der Waals surface area contributed by atoms with Crippen molar-refractivity contribution in [3.05, 3.63) is 71.3 Å². The van der Waals surface area contributed by atoms with E-state index in [0.717, 1.165) is 11.6 Å². The van der Waals surface area contributed by atoms with Crippen molar-refractivity contribution in [3.8, 4) is 22.9 Å². The molecule has 1 aromatic carbocycles. The summed E-state index contributed by atoms with van der Waals surface area (Å²) in [7, 11) is 0. The third kappa shape index (κ3) is 4.30. The number of ether oxygens (including phenoxy) is 1. The summed E-state index contributed by atoms with van der Waals surface area (Å²) in [6, 6.07) is 11.3. The predicted octanol–water partition coefficient (Wildman–Crippen LogP) is 4.36. The molecule has 0 unspecified atom stereocenters. The summed E-state index contributed by atoms with van der Waals surface area (Å²) in [5.74, 6) is -1.32. The second-order valence-corrected chi connectivity index (χ2v) is 5.62. The number of carboxylic acids is 1. The van der Waals surface area contributed by atoms with Crippen LogP contribution in [0.4, 0.5) is 4.39 Å². The summed E-state index contributed by atoms with van der Waals surface area (Å²) < 4.78 is 19.1. The highest BCUT2D eigenvalue weighted by molar-refractivity contribution is 6.30. The number of hydrogen-bond donors (Lipinski definition) is 1. The summed E-state index contributed by atoms with van der Waals surface area (Å²) in [5, 5.41) is 9.05. The Balaban J connectivity index is 1.79. The largest absolute Gasteiger partial charge is 0.481 e. The van der Waals surface area contributed by atoms with E-state index in [4.69, 9.17) is 21.4 Å². The molecule has 0 saturated heterocycles. The van der Waals surface area contributed by atoms with E-state index < -0.39 is 11.8 Å². The van der Waals surface area contributed by atoms with Crippen LogP contribution >= 0.6 is 11.6 Å². The molecular formula is C18H12ClFN2O3. The van der Waals surface area contributed by atoms with Gasteiger partial charge < -0.3 is 9.84 Å². The quantitative estimate of drug-likeness (QED) is 0.733. The average Bonchev–Trinajstić information content (AvgIpc) is 2.58. The van der Waals surface area contributed by atoms with E-state index in [1.807, 2.05) is 0 Å². The second kappa shape index (κ2) is 7.27. The maximum atomic E-state index is 13.7. The minimum absolute atomic E-state index is 0.0712. The molecular weight excluding hydrogens is 347 g/mol. The Morgan fingerprint density at radius 1 is 1.16 bits per heavy atom. The Bertz CT molecular complexity index is 916. The number of halogens is 2. The van der Waals surface area contributed by atoms with Crippen LogP contribution in [0.3, 0.4) is 0 Å². The lowest BCUT2D eigenvalue weighted by molar-refractivity contribution is -0.136. The third-order valence-corrected chi connectivity index (χ3v) is 3.53. The molecule has 7 heteroatoms. The number of aliphatic carboxylic acids is 1. The highest BCUT2D eigenvalue weighted by Gasteiger charge is 2.08. The van der Waals surface area contributed by atoms with Crippen molar-refractivity contribution in [1.82, 2.24) is 9.97 Å². The second-order valence-electron chi connectivity index (χ2n) is 5.19. The fourth-order valence-electron chi connectivity index (χ4n) is 2.20. The monoisotopic (exact) mass is 358 g/mol. The van der Waals surface area contributed by atoms with Crippen LogP contribution in [-0.2, 0) is 11.2 Å². The van der Waals surface area contributed by atoms with Crippen LogP contribution in [0.25, 0.3) is 11.3 Å². The maximum Gasteiger partial charge on any atom is 0.307 e. The summed E-state index contributed by atoms with van der Waals surface area (Å²) in [4.78, 5) is 18.8. The van der Waals surface area contributed by atoms with Gasteiger partial charge in [-0.25, -0.2) is 9.37 Å². The van der Waals surface area contributed by atoms with Crippen LogP contribution in [0.1, 0.15) is 5.56 Å². The fraction of sp³-hybridized carbons (Fsp3) is 0.0556.